The van der Waals surface area contributed by atoms with E-state index in [2.05, 4.69) is 5.10 Å². The topological polar surface area (TPSA) is 92.5 Å². The fourth-order valence-electron chi connectivity index (χ4n) is 1.76. The first-order valence-electron chi connectivity index (χ1n) is 5.82. The first-order chi connectivity index (χ1) is 8.59. The van der Waals surface area contributed by atoms with E-state index in [-0.39, 0.29) is 17.5 Å². The van der Waals surface area contributed by atoms with Crippen molar-refractivity contribution >= 4 is 16.0 Å². The Balaban J connectivity index is 3.36. The van der Waals surface area contributed by atoms with Crippen molar-refractivity contribution in [3.05, 3.63) is 11.4 Å². The van der Waals surface area contributed by atoms with Crippen LogP contribution >= 0.6 is 0 Å². The molecule has 8 heteroatoms. The second-order valence-corrected chi connectivity index (χ2v) is 6.60. The predicted octanol–water partition coefficient (Wildman–Crippen LogP) is 0.613. The zero-order valence-electron chi connectivity index (χ0n) is 11.7. The van der Waals surface area contributed by atoms with Crippen molar-refractivity contribution in [1.82, 2.24) is 14.1 Å². The zero-order chi connectivity index (χ0) is 15.0. The molecule has 1 heterocycles. The number of carboxylic acids is 1. The molecule has 1 aromatic rings. The SMILES string of the molecule is Cc1nn(CC(=O)O)c(C)c1S(=O)(=O)N(C)C(C)C. The third kappa shape index (κ3) is 2.95. The molecular weight excluding hydrogens is 270 g/mol. The maximum Gasteiger partial charge on any atom is 0.325 e. The summed E-state index contributed by atoms with van der Waals surface area (Å²) in [5.41, 5.74) is 0.652. The number of aliphatic carboxylic acids is 1. The van der Waals surface area contributed by atoms with Crippen LogP contribution in [0.3, 0.4) is 0 Å². The van der Waals surface area contributed by atoms with Gasteiger partial charge in [0.1, 0.15) is 11.4 Å². The highest BCUT2D eigenvalue weighted by molar-refractivity contribution is 7.89. The Morgan fingerprint density at radius 1 is 1.42 bits per heavy atom. The molecule has 0 aliphatic heterocycles. The van der Waals surface area contributed by atoms with Gasteiger partial charge in [0.25, 0.3) is 0 Å². The van der Waals surface area contributed by atoms with Crippen molar-refractivity contribution in [3.63, 3.8) is 0 Å². The third-order valence-electron chi connectivity index (χ3n) is 2.96. The molecule has 0 unspecified atom stereocenters. The van der Waals surface area contributed by atoms with Gasteiger partial charge in [-0.2, -0.15) is 9.40 Å². The normalized spacial score (nSPS) is 12.4. The van der Waals surface area contributed by atoms with Crippen molar-refractivity contribution in [2.24, 2.45) is 0 Å². The summed E-state index contributed by atoms with van der Waals surface area (Å²) < 4.78 is 27.3. The summed E-state index contributed by atoms with van der Waals surface area (Å²) in [6, 6.07) is -0.188. The van der Waals surface area contributed by atoms with Crippen LogP contribution in [0.25, 0.3) is 0 Å². The molecular formula is C11H19N3O4S. The van der Waals surface area contributed by atoms with Crippen molar-refractivity contribution in [2.45, 2.75) is 45.2 Å². The van der Waals surface area contributed by atoms with Gasteiger partial charge in [0.15, 0.2) is 0 Å². The quantitative estimate of drug-likeness (QED) is 0.857. The number of rotatable bonds is 5. The molecule has 19 heavy (non-hydrogen) atoms. The number of hydrogen-bond acceptors (Lipinski definition) is 4. The number of nitrogens with zero attached hydrogens (tertiary/aromatic N) is 3. The number of aromatic nitrogens is 2. The molecule has 0 fully saturated rings. The average molecular weight is 289 g/mol. The van der Waals surface area contributed by atoms with Crippen LogP contribution < -0.4 is 0 Å². The van der Waals surface area contributed by atoms with E-state index in [1.807, 2.05) is 0 Å². The summed E-state index contributed by atoms with van der Waals surface area (Å²) in [4.78, 5) is 10.8. The first kappa shape index (κ1) is 15.6. The van der Waals surface area contributed by atoms with Gasteiger partial charge in [0.05, 0.1) is 11.4 Å². The number of carbonyl (C=O) groups is 1. The van der Waals surface area contributed by atoms with Gasteiger partial charge in [-0.3, -0.25) is 9.48 Å². The Morgan fingerprint density at radius 3 is 2.37 bits per heavy atom. The Hall–Kier alpha value is -1.41. The second kappa shape index (κ2) is 5.30. The molecule has 1 rings (SSSR count). The molecule has 0 aliphatic carbocycles. The van der Waals surface area contributed by atoms with Gasteiger partial charge in [-0.1, -0.05) is 0 Å². The van der Waals surface area contributed by atoms with Crippen molar-refractivity contribution in [1.29, 1.82) is 0 Å². The summed E-state index contributed by atoms with van der Waals surface area (Å²) in [7, 11) is -2.16. The smallest absolute Gasteiger partial charge is 0.325 e. The van der Waals surface area contributed by atoms with Crippen LogP contribution in [0.1, 0.15) is 25.2 Å². The van der Waals surface area contributed by atoms with Gasteiger partial charge in [-0.15, -0.1) is 0 Å². The fraction of sp³-hybridized carbons (Fsp3) is 0.636. The minimum atomic E-state index is -3.66. The van der Waals surface area contributed by atoms with E-state index in [1.165, 1.54) is 16.0 Å². The molecule has 1 aromatic heterocycles. The molecule has 0 amide bonds. The Kier molecular flexibility index (Phi) is 4.36. The highest BCUT2D eigenvalue weighted by Crippen LogP contribution is 2.23. The van der Waals surface area contributed by atoms with Crippen molar-refractivity contribution < 1.29 is 18.3 Å². The molecule has 0 saturated heterocycles. The van der Waals surface area contributed by atoms with Crippen molar-refractivity contribution in [3.8, 4) is 0 Å². The number of sulfonamides is 1. The Bertz CT molecular complexity index is 589. The van der Waals surface area contributed by atoms with Gasteiger partial charge in [-0.05, 0) is 27.7 Å². The highest BCUT2D eigenvalue weighted by atomic mass is 32.2. The first-order valence-corrected chi connectivity index (χ1v) is 7.26. The van der Waals surface area contributed by atoms with E-state index in [4.69, 9.17) is 5.11 Å². The minimum Gasteiger partial charge on any atom is -0.480 e. The number of carboxylic acid groups (broad SMARTS) is 1. The van der Waals surface area contributed by atoms with E-state index < -0.39 is 16.0 Å². The highest BCUT2D eigenvalue weighted by Gasteiger charge is 2.30. The largest absolute Gasteiger partial charge is 0.480 e. The van der Waals surface area contributed by atoms with Gasteiger partial charge in [0.2, 0.25) is 10.0 Å². The van der Waals surface area contributed by atoms with E-state index in [0.717, 1.165) is 0 Å². The molecule has 0 spiro atoms. The van der Waals surface area contributed by atoms with Gasteiger partial charge in [0, 0.05) is 13.1 Å². The molecule has 0 aliphatic rings. The van der Waals surface area contributed by atoms with Gasteiger partial charge >= 0.3 is 5.97 Å². The molecule has 0 saturated carbocycles. The maximum absolute atomic E-state index is 12.4. The molecule has 0 atom stereocenters. The van der Waals surface area contributed by atoms with Crippen LogP contribution in [0.5, 0.6) is 0 Å². The third-order valence-corrected chi connectivity index (χ3v) is 5.25. The zero-order valence-corrected chi connectivity index (χ0v) is 12.5. The summed E-state index contributed by atoms with van der Waals surface area (Å²) in [6.07, 6.45) is 0. The summed E-state index contributed by atoms with van der Waals surface area (Å²) in [5, 5.41) is 12.8. The van der Waals surface area contributed by atoms with Gasteiger partial charge in [-0.25, -0.2) is 8.42 Å². The molecule has 0 bridgehead atoms. The Labute approximate surface area is 112 Å². The van der Waals surface area contributed by atoms with Crippen molar-refractivity contribution in [2.75, 3.05) is 7.05 Å². The molecule has 1 N–H and O–H groups in total. The summed E-state index contributed by atoms with van der Waals surface area (Å²) in [5.74, 6) is -1.06. The predicted molar refractivity (Wildman–Crippen MR) is 69.4 cm³/mol. The van der Waals surface area contributed by atoms with Crippen LogP contribution in [0.4, 0.5) is 0 Å². The molecule has 7 nitrogen and oxygen atoms in total. The van der Waals surface area contributed by atoms with Crippen LogP contribution in [-0.4, -0.2) is 46.7 Å². The molecule has 108 valence electrons. The lowest BCUT2D eigenvalue weighted by Gasteiger charge is -2.21. The fourth-order valence-corrected chi connectivity index (χ4v) is 3.49. The lowest BCUT2D eigenvalue weighted by Crippen LogP contribution is -2.33. The summed E-state index contributed by atoms with van der Waals surface area (Å²) >= 11 is 0. The standard InChI is InChI=1S/C11H19N3O4S/c1-7(2)13(5)19(17,18)11-8(3)12-14(9(11)4)6-10(15)16/h7H,6H2,1-5H3,(H,15,16). The second-order valence-electron chi connectivity index (χ2n) is 4.67. The van der Waals surface area contributed by atoms with Crippen LogP contribution in [-0.2, 0) is 21.4 Å². The molecule has 0 aromatic carbocycles. The average Bonchev–Trinajstić information content (AvgIpc) is 2.52. The number of aryl methyl sites for hydroxylation is 1. The lowest BCUT2D eigenvalue weighted by molar-refractivity contribution is -0.137. The van der Waals surface area contributed by atoms with E-state index in [9.17, 15) is 13.2 Å². The van der Waals surface area contributed by atoms with E-state index in [0.29, 0.717) is 11.4 Å². The maximum atomic E-state index is 12.4. The van der Waals surface area contributed by atoms with E-state index >= 15 is 0 Å². The monoisotopic (exact) mass is 289 g/mol. The minimum absolute atomic E-state index is 0.0879. The Morgan fingerprint density at radius 2 is 1.95 bits per heavy atom. The van der Waals surface area contributed by atoms with Crippen LogP contribution in [0.2, 0.25) is 0 Å². The van der Waals surface area contributed by atoms with E-state index in [1.54, 1.807) is 27.7 Å². The lowest BCUT2D eigenvalue weighted by atomic mass is 10.4. The molecule has 0 radical (unpaired) electrons. The van der Waals surface area contributed by atoms with Crippen LogP contribution in [0.15, 0.2) is 4.90 Å². The summed E-state index contributed by atoms with van der Waals surface area (Å²) in [6.45, 7) is 6.30. The number of hydrogen-bond donors (Lipinski definition) is 1. The van der Waals surface area contributed by atoms with Gasteiger partial charge < -0.3 is 5.11 Å². The van der Waals surface area contributed by atoms with Crippen LogP contribution in [0, 0.1) is 13.8 Å².